The van der Waals surface area contributed by atoms with Crippen LogP contribution in [0.15, 0.2) is 22.6 Å². The predicted molar refractivity (Wildman–Crippen MR) is 96.5 cm³/mol. The molecule has 0 spiro atoms. The lowest BCUT2D eigenvalue weighted by Gasteiger charge is -2.32. The number of rotatable bonds is 5. The molecule has 2 N–H and O–H groups in total. The van der Waals surface area contributed by atoms with Crippen LogP contribution in [0, 0.1) is 5.92 Å². The van der Waals surface area contributed by atoms with Crippen molar-refractivity contribution >= 4 is 21.8 Å². The Balaban J connectivity index is 1.69. The van der Waals surface area contributed by atoms with Crippen molar-refractivity contribution in [3.05, 3.63) is 29.3 Å². The summed E-state index contributed by atoms with van der Waals surface area (Å²) in [4.78, 5) is 13.8. The van der Waals surface area contributed by atoms with E-state index in [1.54, 1.807) is 23.1 Å². The Morgan fingerprint density at radius 1 is 1.42 bits per heavy atom. The number of benzene rings is 1. The van der Waals surface area contributed by atoms with Gasteiger partial charge in [0, 0.05) is 26.1 Å². The van der Waals surface area contributed by atoms with Gasteiger partial charge < -0.3 is 20.1 Å². The number of amides is 1. The lowest BCUT2D eigenvalue weighted by atomic mass is 9.99. The third kappa shape index (κ3) is 4.16. The van der Waals surface area contributed by atoms with Crippen LogP contribution in [0.5, 0.6) is 5.75 Å². The second-order valence-electron chi connectivity index (χ2n) is 6.59. The number of nitrogens with zero attached hydrogens (tertiary/aromatic N) is 2. The van der Waals surface area contributed by atoms with E-state index in [-0.39, 0.29) is 30.0 Å². The number of nitrogens with two attached hydrogens (primary N) is 1. The summed E-state index contributed by atoms with van der Waals surface area (Å²) < 4.78 is 37.9. The number of likely N-dealkylation sites (tertiary alicyclic amines) is 1. The van der Waals surface area contributed by atoms with Crippen molar-refractivity contribution in [3.63, 3.8) is 0 Å². The number of hydrogen-bond acceptors (Lipinski definition) is 6. The van der Waals surface area contributed by atoms with E-state index >= 15 is 0 Å². The van der Waals surface area contributed by atoms with Crippen LogP contribution in [0.1, 0.15) is 24.0 Å². The van der Waals surface area contributed by atoms with Crippen LogP contribution in [-0.4, -0.2) is 58.5 Å². The van der Waals surface area contributed by atoms with E-state index in [4.69, 9.17) is 15.2 Å². The molecule has 2 aliphatic rings. The van der Waals surface area contributed by atoms with Gasteiger partial charge in [-0.2, -0.15) is 0 Å². The molecule has 0 unspecified atom stereocenters. The molecule has 1 fully saturated rings. The van der Waals surface area contributed by atoms with Gasteiger partial charge in [0.15, 0.2) is 0 Å². The first kappa shape index (κ1) is 18.7. The minimum Gasteiger partial charge on any atom is -0.492 e. The number of amidine groups is 1. The SMILES string of the molecule is COCC(=O)N1CCC[C@H](COc2cccc3c2C(N)=NS(=O)(=O)C3)C1. The van der Waals surface area contributed by atoms with E-state index in [2.05, 4.69) is 4.40 Å². The first-order chi connectivity index (χ1) is 12.4. The minimum atomic E-state index is -3.57. The van der Waals surface area contributed by atoms with Crippen molar-refractivity contribution in [3.8, 4) is 5.75 Å². The number of sulfonamides is 1. The molecule has 0 aromatic heterocycles. The third-order valence-electron chi connectivity index (χ3n) is 4.56. The van der Waals surface area contributed by atoms with Gasteiger partial charge in [0.25, 0.3) is 10.0 Å². The summed E-state index contributed by atoms with van der Waals surface area (Å²) in [6.07, 6.45) is 1.88. The highest BCUT2D eigenvalue weighted by atomic mass is 32.2. The molecule has 3 rings (SSSR count). The smallest absolute Gasteiger partial charge is 0.259 e. The van der Waals surface area contributed by atoms with E-state index in [1.165, 1.54) is 7.11 Å². The van der Waals surface area contributed by atoms with Gasteiger partial charge in [0.1, 0.15) is 18.2 Å². The molecule has 0 radical (unpaired) electrons. The Kier molecular flexibility index (Phi) is 5.47. The molecule has 1 aromatic rings. The fourth-order valence-corrected chi connectivity index (χ4v) is 4.47. The van der Waals surface area contributed by atoms with Crippen molar-refractivity contribution in [2.24, 2.45) is 16.0 Å². The van der Waals surface area contributed by atoms with E-state index in [0.29, 0.717) is 30.0 Å². The quantitative estimate of drug-likeness (QED) is 0.795. The fraction of sp³-hybridized carbons (Fsp3) is 0.529. The van der Waals surface area contributed by atoms with Gasteiger partial charge in [-0.25, -0.2) is 8.42 Å². The molecule has 26 heavy (non-hydrogen) atoms. The maximum absolute atomic E-state index is 12.0. The Morgan fingerprint density at radius 3 is 3.00 bits per heavy atom. The van der Waals surface area contributed by atoms with E-state index in [9.17, 15) is 13.2 Å². The lowest BCUT2D eigenvalue weighted by molar-refractivity contribution is -0.137. The van der Waals surface area contributed by atoms with Crippen molar-refractivity contribution < 1.29 is 22.7 Å². The van der Waals surface area contributed by atoms with Crippen molar-refractivity contribution in [2.75, 3.05) is 33.4 Å². The molecule has 9 heteroatoms. The number of carbonyl (C=O) groups is 1. The standard InChI is InChI=1S/C17H23N3O5S/c1-24-10-15(21)20-7-3-4-12(8-20)9-25-14-6-2-5-13-11-26(22,23)19-17(18)16(13)14/h2,5-6,12H,3-4,7-11H2,1H3,(H2,18,19)/t12-/m0/s1. The van der Waals surface area contributed by atoms with Crippen LogP contribution in [0.25, 0.3) is 0 Å². The summed E-state index contributed by atoms with van der Waals surface area (Å²) in [7, 11) is -2.06. The highest BCUT2D eigenvalue weighted by molar-refractivity contribution is 7.89. The van der Waals surface area contributed by atoms with Crippen LogP contribution in [0.2, 0.25) is 0 Å². The minimum absolute atomic E-state index is 0.0177. The van der Waals surface area contributed by atoms with Crippen molar-refractivity contribution in [1.82, 2.24) is 4.90 Å². The van der Waals surface area contributed by atoms with Gasteiger partial charge in [-0.15, -0.1) is 4.40 Å². The molecule has 142 valence electrons. The summed E-state index contributed by atoms with van der Waals surface area (Å²) in [5.74, 6) is 0.492. The first-order valence-corrected chi connectivity index (χ1v) is 10.1. The lowest BCUT2D eigenvalue weighted by Crippen LogP contribution is -2.43. The van der Waals surface area contributed by atoms with Crippen LogP contribution in [0.4, 0.5) is 0 Å². The molecule has 1 aromatic carbocycles. The average molecular weight is 381 g/mol. The van der Waals surface area contributed by atoms with Crippen LogP contribution < -0.4 is 10.5 Å². The van der Waals surface area contributed by atoms with Gasteiger partial charge in [-0.1, -0.05) is 12.1 Å². The molecule has 0 aliphatic carbocycles. The van der Waals surface area contributed by atoms with E-state index in [1.807, 2.05) is 0 Å². The Morgan fingerprint density at radius 2 is 2.23 bits per heavy atom. The summed E-state index contributed by atoms with van der Waals surface area (Å²) in [6, 6.07) is 5.22. The Labute approximate surface area is 153 Å². The van der Waals surface area contributed by atoms with Crippen LogP contribution in [-0.2, 0) is 25.3 Å². The number of methoxy groups -OCH3 is 1. The number of carbonyl (C=O) groups excluding carboxylic acids is 1. The topological polar surface area (TPSA) is 111 Å². The van der Waals surface area contributed by atoms with Crippen molar-refractivity contribution in [2.45, 2.75) is 18.6 Å². The highest BCUT2D eigenvalue weighted by Gasteiger charge is 2.27. The van der Waals surface area contributed by atoms with Crippen LogP contribution >= 0.6 is 0 Å². The molecule has 0 saturated carbocycles. The van der Waals surface area contributed by atoms with Gasteiger partial charge >= 0.3 is 0 Å². The summed E-state index contributed by atoms with van der Waals surface area (Å²) in [5.41, 5.74) is 6.99. The Bertz CT molecular complexity index is 822. The highest BCUT2D eigenvalue weighted by Crippen LogP contribution is 2.29. The third-order valence-corrected chi connectivity index (χ3v) is 5.71. The monoisotopic (exact) mass is 381 g/mol. The maximum atomic E-state index is 12.0. The van der Waals surface area contributed by atoms with Gasteiger partial charge in [0.05, 0.1) is 17.9 Å². The Hall–Kier alpha value is -2.13. The number of ether oxygens (including phenoxy) is 2. The molecule has 1 amide bonds. The number of hydrogen-bond donors (Lipinski definition) is 1. The molecule has 2 aliphatic heterocycles. The maximum Gasteiger partial charge on any atom is 0.259 e. The summed E-state index contributed by atoms with van der Waals surface area (Å²) >= 11 is 0. The molecule has 8 nitrogen and oxygen atoms in total. The molecular formula is C17H23N3O5S. The van der Waals surface area contributed by atoms with E-state index < -0.39 is 10.0 Å². The van der Waals surface area contributed by atoms with Gasteiger partial charge in [-0.3, -0.25) is 4.79 Å². The van der Waals surface area contributed by atoms with Crippen molar-refractivity contribution in [1.29, 1.82) is 0 Å². The van der Waals surface area contributed by atoms with Crippen LogP contribution in [0.3, 0.4) is 0 Å². The predicted octanol–water partition coefficient (Wildman–Crippen LogP) is 0.499. The zero-order valence-corrected chi connectivity index (χ0v) is 15.5. The van der Waals surface area contributed by atoms with Gasteiger partial charge in [0.2, 0.25) is 5.91 Å². The molecule has 1 saturated heterocycles. The largest absolute Gasteiger partial charge is 0.492 e. The second kappa shape index (κ2) is 7.63. The molecule has 1 atom stereocenters. The zero-order chi connectivity index (χ0) is 18.7. The second-order valence-corrected chi connectivity index (χ2v) is 8.22. The normalized spacial score (nSPS) is 21.7. The number of fused-ring (bicyclic) bond motifs is 1. The zero-order valence-electron chi connectivity index (χ0n) is 14.7. The summed E-state index contributed by atoms with van der Waals surface area (Å²) in [6.45, 7) is 1.86. The fourth-order valence-electron chi connectivity index (χ4n) is 3.38. The molecule has 2 heterocycles. The average Bonchev–Trinajstić information content (AvgIpc) is 2.59. The number of piperidine rings is 1. The van der Waals surface area contributed by atoms with Gasteiger partial charge in [-0.05, 0) is 24.5 Å². The first-order valence-electron chi connectivity index (χ1n) is 8.49. The molecular weight excluding hydrogens is 358 g/mol. The molecule has 0 bridgehead atoms. The summed E-state index contributed by atoms with van der Waals surface area (Å²) in [5, 5.41) is 0. The van der Waals surface area contributed by atoms with E-state index in [0.717, 1.165) is 19.4 Å².